The van der Waals surface area contributed by atoms with E-state index in [9.17, 15) is 19.5 Å². The van der Waals surface area contributed by atoms with Gasteiger partial charge >= 0.3 is 5.97 Å². The minimum absolute atomic E-state index is 0.0751. The highest BCUT2D eigenvalue weighted by molar-refractivity contribution is 5.94. The standard InChI is InChI=1S/C27H29N3O5/c1-16-10-19(17(2)29-21-7-4-3-6-18(21)26(33)34)25-20(11-16)22(31)12-24(35-25)30-9-5-8-27(15-30)13-23(32)28-14-27/h3-4,6-7,10-12,17,29H,5,8-9,13-15H2,1-2H3,(H,28,32)(H,33,34). The average Bonchev–Trinajstić information content (AvgIpc) is 3.18. The number of rotatable bonds is 5. The second-order valence-electron chi connectivity index (χ2n) is 9.88. The molecular weight excluding hydrogens is 446 g/mol. The summed E-state index contributed by atoms with van der Waals surface area (Å²) in [4.78, 5) is 38.8. The van der Waals surface area contributed by atoms with Crippen LogP contribution in [-0.2, 0) is 4.79 Å². The van der Waals surface area contributed by atoms with Gasteiger partial charge in [0.15, 0.2) is 11.3 Å². The third kappa shape index (κ3) is 4.36. The van der Waals surface area contributed by atoms with Crippen molar-refractivity contribution >= 4 is 34.4 Å². The Hall–Kier alpha value is -3.81. The SMILES string of the molecule is Cc1cc(C(C)Nc2ccccc2C(=O)O)c2oc(N3CCCC4(CNC(=O)C4)C3)cc(=O)c2c1. The Morgan fingerprint density at radius 1 is 1.23 bits per heavy atom. The van der Waals surface area contributed by atoms with Crippen LogP contribution >= 0.6 is 0 Å². The molecular formula is C27H29N3O5. The van der Waals surface area contributed by atoms with Gasteiger partial charge in [-0.25, -0.2) is 4.79 Å². The number of piperidine rings is 1. The number of carbonyl (C=O) groups excluding carboxylic acids is 1. The zero-order valence-corrected chi connectivity index (χ0v) is 19.9. The molecule has 1 aromatic heterocycles. The minimum Gasteiger partial charge on any atom is -0.478 e. The summed E-state index contributed by atoms with van der Waals surface area (Å²) >= 11 is 0. The molecule has 35 heavy (non-hydrogen) atoms. The van der Waals surface area contributed by atoms with Crippen LogP contribution in [0.3, 0.4) is 0 Å². The van der Waals surface area contributed by atoms with E-state index in [-0.39, 0.29) is 28.4 Å². The Labute approximate surface area is 202 Å². The van der Waals surface area contributed by atoms with E-state index in [2.05, 4.69) is 15.5 Å². The molecule has 2 atom stereocenters. The molecule has 0 saturated carbocycles. The maximum atomic E-state index is 13.2. The Bertz CT molecular complexity index is 1380. The number of carbonyl (C=O) groups is 2. The number of fused-ring (bicyclic) bond motifs is 1. The predicted molar refractivity (Wildman–Crippen MR) is 134 cm³/mol. The van der Waals surface area contributed by atoms with Crippen LogP contribution in [0.4, 0.5) is 11.6 Å². The third-order valence-corrected chi connectivity index (χ3v) is 7.15. The molecule has 1 amide bonds. The lowest BCUT2D eigenvalue weighted by atomic mass is 9.79. The molecule has 182 valence electrons. The van der Waals surface area contributed by atoms with Crippen molar-refractivity contribution in [2.24, 2.45) is 5.41 Å². The molecule has 5 rings (SSSR count). The van der Waals surface area contributed by atoms with Crippen molar-refractivity contribution in [3.05, 3.63) is 69.4 Å². The van der Waals surface area contributed by atoms with Gasteiger partial charge in [-0.3, -0.25) is 9.59 Å². The molecule has 3 aromatic rings. The number of carboxylic acid groups (broad SMARTS) is 1. The summed E-state index contributed by atoms with van der Waals surface area (Å²) in [6.45, 7) is 5.90. The lowest BCUT2D eigenvalue weighted by molar-refractivity contribution is -0.119. The lowest BCUT2D eigenvalue weighted by Crippen LogP contribution is -2.44. The molecule has 8 heteroatoms. The second-order valence-corrected chi connectivity index (χ2v) is 9.88. The average molecular weight is 476 g/mol. The smallest absolute Gasteiger partial charge is 0.337 e. The fourth-order valence-electron chi connectivity index (χ4n) is 5.44. The molecule has 2 saturated heterocycles. The molecule has 2 unspecified atom stereocenters. The van der Waals surface area contributed by atoms with Gasteiger partial charge in [0, 0.05) is 48.8 Å². The fraction of sp³-hybridized carbons (Fsp3) is 0.370. The van der Waals surface area contributed by atoms with Gasteiger partial charge in [0.25, 0.3) is 0 Å². The number of anilines is 2. The molecule has 2 aliphatic rings. The monoisotopic (exact) mass is 475 g/mol. The van der Waals surface area contributed by atoms with Crippen LogP contribution in [0.1, 0.15) is 53.7 Å². The number of carboxylic acids is 1. The van der Waals surface area contributed by atoms with Crippen molar-refractivity contribution in [3.8, 4) is 0 Å². The van der Waals surface area contributed by atoms with E-state index >= 15 is 0 Å². The number of benzene rings is 2. The van der Waals surface area contributed by atoms with Crippen molar-refractivity contribution in [3.63, 3.8) is 0 Å². The molecule has 3 N–H and O–H groups in total. The quantitative estimate of drug-likeness (QED) is 0.510. The van der Waals surface area contributed by atoms with Crippen LogP contribution in [0.5, 0.6) is 0 Å². The van der Waals surface area contributed by atoms with Gasteiger partial charge in [0.2, 0.25) is 5.91 Å². The third-order valence-electron chi connectivity index (χ3n) is 7.15. The first-order valence-corrected chi connectivity index (χ1v) is 11.9. The zero-order chi connectivity index (χ0) is 24.7. The van der Waals surface area contributed by atoms with Crippen LogP contribution in [-0.4, -0.2) is 36.6 Å². The molecule has 0 bridgehead atoms. The maximum Gasteiger partial charge on any atom is 0.337 e. The van der Waals surface area contributed by atoms with Crippen molar-refractivity contribution in [2.45, 2.75) is 39.2 Å². The number of amides is 1. The van der Waals surface area contributed by atoms with E-state index in [0.717, 1.165) is 30.5 Å². The van der Waals surface area contributed by atoms with Crippen LogP contribution < -0.4 is 21.0 Å². The van der Waals surface area contributed by atoms with Crippen LogP contribution in [0.15, 0.2) is 51.7 Å². The van der Waals surface area contributed by atoms with E-state index in [1.54, 1.807) is 30.3 Å². The number of aromatic carboxylic acids is 1. The summed E-state index contributed by atoms with van der Waals surface area (Å²) in [6, 6.07) is 11.8. The number of nitrogens with one attached hydrogen (secondary N) is 2. The lowest BCUT2D eigenvalue weighted by Gasteiger charge is -2.39. The summed E-state index contributed by atoms with van der Waals surface area (Å²) < 4.78 is 6.40. The van der Waals surface area contributed by atoms with Gasteiger partial charge in [-0.1, -0.05) is 18.2 Å². The topological polar surface area (TPSA) is 112 Å². The van der Waals surface area contributed by atoms with Crippen LogP contribution in [0.25, 0.3) is 11.0 Å². The summed E-state index contributed by atoms with van der Waals surface area (Å²) in [6.07, 6.45) is 2.38. The first-order chi connectivity index (χ1) is 16.7. The summed E-state index contributed by atoms with van der Waals surface area (Å²) in [5.41, 5.74) is 2.61. The van der Waals surface area contributed by atoms with Crippen LogP contribution in [0, 0.1) is 12.3 Å². The minimum atomic E-state index is -1.01. The molecule has 1 spiro atoms. The largest absolute Gasteiger partial charge is 0.478 e. The van der Waals surface area contributed by atoms with E-state index in [4.69, 9.17) is 4.42 Å². The molecule has 0 radical (unpaired) electrons. The highest BCUT2D eigenvalue weighted by atomic mass is 16.4. The maximum absolute atomic E-state index is 13.2. The second kappa shape index (κ2) is 8.76. The number of hydrogen-bond acceptors (Lipinski definition) is 6. The summed E-state index contributed by atoms with van der Waals surface area (Å²) in [5.74, 6) is -0.433. The highest BCUT2D eigenvalue weighted by Gasteiger charge is 2.42. The normalized spacial score (nSPS) is 20.7. The number of aryl methyl sites for hydroxylation is 1. The Kier molecular flexibility index (Phi) is 5.75. The molecule has 2 aromatic carbocycles. The first-order valence-electron chi connectivity index (χ1n) is 11.9. The van der Waals surface area contributed by atoms with Gasteiger partial charge in [0.1, 0.15) is 5.58 Å². The van der Waals surface area contributed by atoms with Gasteiger partial charge in [-0.05, 0) is 50.5 Å². The Morgan fingerprint density at radius 2 is 2.03 bits per heavy atom. The van der Waals surface area contributed by atoms with Gasteiger partial charge < -0.3 is 25.1 Å². The van der Waals surface area contributed by atoms with E-state index < -0.39 is 5.97 Å². The van der Waals surface area contributed by atoms with E-state index in [1.807, 2.05) is 26.0 Å². The number of nitrogens with zero attached hydrogens (tertiary/aromatic N) is 1. The fourth-order valence-corrected chi connectivity index (χ4v) is 5.44. The summed E-state index contributed by atoms with van der Waals surface area (Å²) in [7, 11) is 0. The van der Waals surface area contributed by atoms with Crippen LogP contribution in [0.2, 0.25) is 0 Å². The zero-order valence-electron chi connectivity index (χ0n) is 19.9. The Morgan fingerprint density at radius 3 is 2.77 bits per heavy atom. The number of para-hydroxylation sites is 1. The van der Waals surface area contributed by atoms with Crippen molar-refractivity contribution in [2.75, 3.05) is 29.9 Å². The molecule has 0 aliphatic carbocycles. The molecule has 2 aliphatic heterocycles. The van der Waals surface area contributed by atoms with Crippen molar-refractivity contribution in [1.29, 1.82) is 0 Å². The van der Waals surface area contributed by atoms with Crippen molar-refractivity contribution < 1.29 is 19.1 Å². The van der Waals surface area contributed by atoms with Gasteiger partial charge in [-0.2, -0.15) is 0 Å². The van der Waals surface area contributed by atoms with E-state index in [0.29, 0.717) is 42.1 Å². The summed E-state index contributed by atoms with van der Waals surface area (Å²) in [5, 5.41) is 16.3. The molecule has 3 heterocycles. The Balaban J connectivity index is 1.53. The molecule has 8 nitrogen and oxygen atoms in total. The predicted octanol–water partition coefficient (Wildman–Crippen LogP) is 4.08. The first kappa shape index (κ1) is 23.0. The highest BCUT2D eigenvalue weighted by Crippen LogP contribution is 2.38. The molecule has 2 fully saturated rings. The van der Waals surface area contributed by atoms with Gasteiger partial charge in [-0.15, -0.1) is 0 Å². The van der Waals surface area contributed by atoms with E-state index in [1.165, 1.54) is 0 Å². The van der Waals surface area contributed by atoms with Gasteiger partial charge in [0.05, 0.1) is 17.0 Å². The number of hydrogen-bond donors (Lipinski definition) is 3. The van der Waals surface area contributed by atoms with Crippen molar-refractivity contribution in [1.82, 2.24) is 5.32 Å².